The number of primary amides is 1. The van der Waals surface area contributed by atoms with Crippen LogP contribution in [0.25, 0.3) is 6.08 Å². The van der Waals surface area contributed by atoms with E-state index in [9.17, 15) is 14.4 Å². The third-order valence-corrected chi connectivity index (χ3v) is 4.25. The molecule has 0 fully saturated rings. The first-order chi connectivity index (χ1) is 11.9. The average Bonchev–Trinajstić information content (AvgIpc) is 3.02. The van der Waals surface area contributed by atoms with Crippen molar-refractivity contribution in [3.63, 3.8) is 0 Å². The summed E-state index contributed by atoms with van der Waals surface area (Å²) < 4.78 is 5.07. The number of carbonyl (C=O) groups excluding carboxylic acids is 3. The Labute approximate surface area is 149 Å². The molecule has 6 nitrogen and oxygen atoms in total. The Hall–Kier alpha value is -2.93. The number of aryl methyl sites for hydroxylation is 1. The second kappa shape index (κ2) is 8.25. The van der Waals surface area contributed by atoms with Gasteiger partial charge in [-0.15, -0.1) is 11.3 Å². The van der Waals surface area contributed by atoms with Gasteiger partial charge in [-0.05, 0) is 42.5 Å². The van der Waals surface area contributed by atoms with Gasteiger partial charge in [0.05, 0.1) is 5.56 Å². The van der Waals surface area contributed by atoms with Crippen molar-refractivity contribution in [2.75, 3.05) is 5.32 Å². The van der Waals surface area contributed by atoms with Crippen LogP contribution in [-0.4, -0.2) is 23.9 Å². The fourth-order valence-corrected chi connectivity index (χ4v) is 2.81. The Morgan fingerprint density at radius 1 is 1.24 bits per heavy atom. The molecule has 1 heterocycles. The van der Waals surface area contributed by atoms with Crippen LogP contribution in [0.15, 0.2) is 41.8 Å². The van der Waals surface area contributed by atoms with Crippen LogP contribution in [0.1, 0.15) is 28.4 Å². The van der Waals surface area contributed by atoms with Gasteiger partial charge < -0.3 is 15.8 Å². The molecule has 0 saturated carbocycles. The Balaban J connectivity index is 1.94. The van der Waals surface area contributed by atoms with Gasteiger partial charge in [-0.3, -0.25) is 9.59 Å². The number of anilines is 1. The first-order valence-electron chi connectivity index (χ1n) is 7.51. The normalized spacial score (nSPS) is 11.9. The maximum Gasteiger partial charge on any atom is 0.331 e. The van der Waals surface area contributed by atoms with E-state index in [2.05, 4.69) is 5.32 Å². The molecule has 0 bridgehead atoms. The number of carbonyl (C=O) groups is 3. The van der Waals surface area contributed by atoms with Crippen molar-refractivity contribution in [1.82, 2.24) is 0 Å². The highest BCUT2D eigenvalue weighted by atomic mass is 32.1. The van der Waals surface area contributed by atoms with Crippen LogP contribution >= 0.6 is 11.3 Å². The highest BCUT2D eigenvalue weighted by Crippen LogP contribution is 2.23. The van der Waals surface area contributed by atoms with Crippen LogP contribution in [0, 0.1) is 6.92 Å². The fraction of sp³-hybridized carbons (Fsp3) is 0.167. The topological polar surface area (TPSA) is 98.5 Å². The van der Waals surface area contributed by atoms with E-state index in [1.165, 1.54) is 19.1 Å². The monoisotopic (exact) mass is 358 g/mol. The summed E-state index contributed by atoms with van der Waals surface area (Å²) in [5.74, 6) is -1.81. The molecule has 0 radical (unpaired) electrons. The minimum Gasteiger partial charge on any atom is -0.449 e. The van der Waals surface area contributed by atoms with E-state index in [0.717, 1.165) is 22.5 Å². The number of hydrogen-bond donors (Lipinski definition) is 2. The standard InChI is InChI=1S/C18H18N2O4S/c1-11-5-3-4-6-13(11)7-8-15(21)24-12(2)17(23)20-18-14(16(19)22)9-10-25-18/h3-10,12H,1-2H3,(H2,19,22)(H,20,23)/b8-7+/t12-/m0/s1. The van der Waals surface area contributed by atoms with Crippen molar-refractivity contribution in [2.45, 2.75) is 20.0 Å². The van der Waals surface area contributed by atoms with Crippen molar-refractivity contribution >= 4 is 40.2 Å². The van der Waals surface area contributed by atoms with Gasteiger partial charge in [0.15, 0.2) is 6.10 Å². The van der Waals surface area contributed by atoms with Crippen molar-refractivity contribution in [3.8, 4) is 0 Å². The number of nitrogens with two attached hydrogens (primary N) is 1. The molecule has 0 aliphatic carbocycles. The Morgan fingerprint density at radius 3 is 2.64 bits per heavy atom. The molecule has 3 N–H and O–H groups in total. The molecular formula is C18H18N2O4S. The number of rotatable bonds is 6. The third kappa shape index (κ3) is 5.02. The minimum atomic E-state index is -1.02. The summed E-state index contributed by atoms with van der Waals surface area (Å²) in [6, 6.07) is 9.09. The number of benzene rings is 1. The number of thiophene rings is 1. The zero-order valence-electron chi connectivity index (χ0n) is 13.8. The van der Waals surface area contributed by atoms with Crippen molar-refractivity contribution in [2.24, 2.45) is 5.73 Å². The molecule has 2 rings (SSSR count). The van der Waals surface area contributed by atoms with E-state index in [0.29, 0.717) is 5.00 Å². The van der Waals surface area contributed by atoms with Crippen LogP contribution < -0.4 is 11.1 Å². The second-order valence-electron chi connectivity index (χ2n) is 5.29. The Kier molecular flexibility index (Phi) is 6.08. The summed E-state index contributed by atoms with van der Waals surface area (Å²) in [7, 11) is 0. The molecule has 7 heteroatoms. The van der Waals surface area contributed by atoms with Crippen LogP contribution in [-0.2, 0) is 14.3 Å². The van der Waals surface area contributed by atoms with Gasteiger partial charge in [0.25, 0.3) is 11.8 Å². The largest absolute Gasteiger partial charge is 0.449 e. The second-order valence-corrected chi connectivity index (χ2v) is 6.20. The number of nitrogens with one attached hydrogen (secondary N) is 1. The van der Waals surface area contributed by atoms with E-state index in [1.54, 1.807) is 11.5 Å². The molecule has 1 aromatic heterocycles. The van der Waals surface area contributed by atoms with Crippen LogP contribution in [0.3, 0.4) is 0 Å². The lowest BCUT2D eigenvalue weighted by atomic mass is 10.1. The first kappa shape index (κ1) is 18.4. The molecule has 2 amide bonds. The summed E-state index contributed by atoms with van der Waals surface area (Å²) in [6.45, 7) is 3.38. The highest BCUT2D eigenvalue weighted by molar-refractivity contribution is 7.14. The zero-order chi connectivity index (χ0) is 18.4. The van der Waals surface area contributed by atoms with Crippen molar-refractivity contribution in [1.29, 1.82) is 0 Å². The highest BCUT2D eigenvalue weighted by Gasteiger charge is 2.19. The number of esters is 1. The molecule has 0 aliphatic heterocycles. The average molecular weight is 358 g/mol. The van der Waals surface area contributed by atoms with Gasteiger partial charge in [-0.2, -0.15) is 0 Å². The lowest BCUT2D eigenvalue weighted by Crippen LogP contribution is -2.29. The van der Waals surface area contributed by atoms with Gasteiger partial charge in [-0.1, -0.05) is 24.3 Å². The fourth-order valence-electron chi connectivity index (χ4n) is 2.01. The molecule has 2 aromatic rings. The molecular weight excluding hydrogens is 340 g/mol. The Bertz CT molecular complexity index is 826. The van der Waals surface area contributed by atoms with Crippen LogP contribution in [0.4, 0.5) is 5.00 Å². The SMILES string of the molecule is Cc1ccccc1/C=C/C(=O)O[C@@H](C)C(=O)Nc1sccc1C(N)=O. The van der Waals surface area contributed by atoms with Gasteiger partial charge in [0.2, 0.25) is 0 Å². The summed E-state index contributed by atoms with van der Waals surface area (Å²) in [6.07, 6.45) is 1.88. The van der Waals surface area contributed by atoms with E-state index in [-0.39, 0.29) is 5.56 Å². The van der Waals surface area contributed by atoms with Crippen LogP contribution in [0.5, 0.6) is 0 Å². The molecule has 0 unspecified atom stereocenters. The first-order valence-corrected chi connectivity index (χ1v) is 8.39. The minimum absolute atomic E-state index is 0.219. The maximum absolute atomic E-state index is 12.1. The van der Waals surface area contributed by atoms with E-state index in [1.807, 2.05) is 31.2 Å². The number of amides is 2. The molecule has 0 saturated heterocycles. The summed E-state index contributed by atoms with van der Waals surface area (Å²) in [5, 5.41) is 4.50. The molecule has 0 aliphatic rings. The van der Waals surface area contributed by atoms with E-state index in [4.69, 9.17) is 10.5 Å². The smallest absolute Gasteiger partial charge is 0.331 e. The van der Waals surface area contributed by atoms with E-state index < -0.39 is 23.9 Å². The summed E-state index contributed by atoms with van der Waals surface area (Å²) >= 11 is 1.16. The molecule has 1 atom stereocenters. The zero-order valence-corrected chi connectivity index (χ0v) is 14.6. The molecule has 130 valence electrons. The van der Waals surface area contributed by atoms with Crippen LogP contribution in [0.2, 0.25) is 0 Å². The lowest BCUT2D eigenvalue weighted by Gasteiger charge is -2.12. The van der Waals surface area contributed by atoms with E-state index >= 15 is 0 Å². The van der Waals surface area contributed by atoms with Gasteiger partial charge >= 0.3 is 5.97 Å². The number of ether oxygens (including phenoxy) is 1. The van der Waals surface area contributed by atoms with Crippen molar-refractivity contribution in [3.05, 3.63) is 58.5 Å². The maximum atomic E-state index is 12.1. The third-order valence-electron chi connectivity index (χ3n) is 3.42. The van der Waals surface area contributed by atoms with Gasteiger partial charge in [-0.25, -0.2) is 4.79 Å². The predicted octanol–water partition coefficient (Wildman–Crippen LogP) is 2.74. The lowest BCUT2D eigenvalue weighted by molar-refractivity contribution is -0.148. The predicted molar refractivity (Wildman–Crippen MR) is 97.2 cm³/mol. The molecule has 0 spiro atoms. The summed E-state index contributed by atoms with van der Waals surface area (Å²) in [4.78, 5) is 35.2. The molecule has 1 aromatic carbocycles. The number of hydrogen-bond acceptors (Lipinski definition) is 5. The Morgan fingerprint density at radius 2 is 1.96 bits per heavy atom. The summed E-state index contributed by atoms with van der Waals surface area (Å²) in [5.41, 5.74) is 7.35. The van der Waals surface area contributed by atoms with Crippen molar-refractivity contribution < 1.29 is 19.1 Å². The molecule has 25 heavy (non-hydrogen) atoms. The quantitative estimate of drug-likeness (QED) is 0.613. The van der Waals surface area contributed by atoms with Gasteiger partial charge in [0, 0.05) is 6.08 Å². The van der Waals surface area contributed by atoms with Gasteiger partial charge in [0.1, 0.15) is 5.00 Å².